The van der Waals surface area contributed by atoms with Crippen molar-refractivity contribution in [1.82, 2.24) is 4.57 Å². The van der Waals surface area contributed by atoms with Crippen molar-refractivity contribution >= 4 is 10.9 Å². The van der Waals surface area contributed by atoms with E-state index in [1.165, 1.54) is 0 Å². The van der Waals surface area contributed by atoms with Crippen molar-refractivity contribution in [3.05, 3.63) is 36.0 Å². The Kier molecular flexibility index (Phi) is 2.01. The lowest BCUT2D eigenvalue weighted by atomic mass is 10.1. The van der Waals surface area contributed by atoms with E-state index in [1.54, 1.807) is 0 Å². The Balaban J connectivity index is 2.83. The molecule has 0 fully saturated rings. The van der Waals surface area contributed by atoms with E-state index in [9.17, 15) is 0 Å². The summed E-state index contributed by atoms with van der Waals surface area (Å²) in [5.74, 6) is 0. The highest BCUT2D eigenvalue weighted by atomic mass is 15.0. The smallest absolute Gasteiger partial charge is 0.101 e. The van der Waals surface area contributed by atoms with Crippen molar-refractivity contribution in [3.8, 4) is 6.07 Å². The highest BCUT2D eigenvalue weighted by molar-refractivity contribution is 5.85. The molecule has 0 spiro atoms. The Labute approximate surface area is 83.4 Å². The standard InChI is InChI=1S/C12H12N2/c1-9(2)14-7-6-10-4-3-5-11(8-13)12(10)14/h3-7,9H,1-2H3. The summed E-state index contributed by atoms with van der Waals surface area (Å²) in [4.78, 5) is 0. The van der Waals surface area contributed by atoms with Gasteiger partial charge in [0.15, 0.2) is 0 Å². The van der Waals surface area contributed by atoms with Crippen molar-refractivity contribution in [2.24, 2.45) is 0 Å². The first-order chi connectivity index (χ1) is 6.74. The van der Waals surface area contributed by atoms with E-state index in [1.807, 2.05) is 24.4 Å². The predicted octanol–water partition coefficient (Wildman–Crippen LogP) is 3.09. The minimum absolute atomic E-state index is 0.391. The topological polar surface area (TPSA) is 28.7 Å². The highest BCUT2D eigenvalue weighted by Gasteiger charge is 2.07. The predicted molar refractivity (Wildman–Crippen MR) is 57.0 cm³/mol. The summed E-state index contributed by atoms with van der Waals surface area (Å²) in [5, 5.41) is 10.1. The van der Waals surface area contributed by atoms with E-state index in [2.05, 4.69) is 30.6 Å². The van der Waals surface area contributed by atoms with Crippen molar-refractivity contribution in [3.63, 3.8) is 0 Å². The molecule has 1 aromatic carbocycles. The van der Waals surface area contributed by atoms with Gasteiger partial charge in [-0.2, -0.15) is 5.26 Å². The van der Waals surface area contributed by atoms with E-state index in [4.69, 9.17) is 5.26 Å². The van der Waals surface area contributed by atoms with Gasteiger partial charge in [-0.05, 0) is 26.0 Å². The molecule has 1 heterocycles. The molecule has 0 aliphatic carbocycles. The van der Waals surface area contributed by atoms with Gasteiger partial charge in [0.2, 0.25) is 0 Å². The Morgan fingerprint density at radius 3 is 2.71 bits per heavy atom. The lowest BCUT2D eigenvalue weighted by Gasteiger charge is -2.09. The number of hydrogen-bond donors (Lipinski definition) is 0. The summed E-state index contributed by atoms with van der Waals surface area (Å²) in [6.45, 7) is 4.24. The zero-order valence-corrected chi connectivity index (χ0v) is 8.36. The number of rotatable bonds is 1. The molecule has 0 radical (unpaired) electrons. The van der Waals surface area contributed by atoms with Gasteiger partial charge < -0.3 is 4.57 Å². The SMILES string of the molecule is CC(C)n1ccc2cccc(C#N)c21. The Morgan fingerprint density at radius 1 is 1.29 bits per heavy atom. The van der Waals surface area contributed by atoms with Gasteiger partial charge in [-0.15, -0.1) is 0 Å². The van der Waals surface area contributed by atoms with Crippen molar-refractivity contribution < 1.29 is 0 Å². The minimum Gasteiger partial charge on any atom is -0.344 e. The fourth-order valence-corrected chi connectivity index (χ4v) is 1.74. The quantitative estimate of drug-likeness (QED) is 0.669. The zero-order valence-electron chi connectivity index (χ0n) is 8.36. The lowest BCUT2D eigenvalue weighted by Crippen LogP contribution is -1.99. The molecule has 14 heavy (non-hydrogen) atoms. The van der Waals surface area contributed by atoms with Gasteiger partial charge in [0.25, 0.3) is 0 Å². The summed E-state index contributed by atoms with van der Waals surface area (Å²) >= 11 is 0. The van der Waals surface area contributed by atoms with Crippen molar-refractivity contribution in [1.29, 1.82) is 5.26 Å². The molecule has 2 heteroatoms. The van der Waals surface area contributed by atoms with Crippen LogP contribution in [0.4, 0.5) is 0 Å². The second kappa shape index (κ2) is 3.19. The van der Waals surface area contributed by atoms with Gasteiger partial charge in [0.05, 0.1) is 11.1 Å². The first-order valence-corrected chi connectivity index (χ1v) is 4.73. The molecular formula is C12H12N2. The van der Waals surface area contributed by atoms with Crippen LogP contribution in [0, 0.1) is 11.3 Å². The Morgan fingerprint density at radius 2 is 2.07 bits per heavy atom. The van der Waals surface area contributed by atoms with Crippen molar-refractivity contribution in [2.45, 2.75) is 19.9 Å². The van der Waals surface area contributed by atoms with Gasteiger partial charge in [-0.25, -0.2) is 0 Å². The Bertz CT molecular complexity index is 501. The number of fused-ring (bicyclic) bond motifs is 1. The first-order valence-electron chi connectivity index (χ1n) is 4.73. The minimum atomic E-state index is 0.391. The summed E-state index contributed by atoms with van der Waals surface area (Å²) in [6.07, 6.45) is 2.04. The van der Waals surface area contributed by atoms with Gasteiger partial charge in [-0.1, -0.05) is 12.1 Å². The molecule has 0 unspecified atom stereocenters. The Hall–Kier alpha value is -1.75. The van der Waals surface area contributed by atoms with Crippen LogP contribution in [-0.2, 0) is 0 Å². The molecule has 2 aromatic rings. The van der Waals surface area contributed by atoms with Crippen molar-refractivity contribution in [2.75, 3.05) is 0 Å². The maximum Gasteiger partial charge on any atom is 0.101 e. The van der Waals surface area contributed by atoms with E-state index < -0.39 is 0 Å². The van der Waals surface area contributed by atoms with Gasteiger partial charge in [-0.3, -0.25) is 0 Å². The van der Waals surface area contributed by atoms with E-state index >= 15 is 0 Å². The molecule has 2 nitrogen and oxygen atoms in total. The van der Waals surface area contributed by atoms with Crippen LogP contribution in [0.1, 0.15) is 25.5 Å². The number of nitrogens with zero attached hydrogens (tertiary/aromatic N) is 2. The molecule has 0 atom stereocenters. The molecule has 0 aliphatic rings. The maximum atomic E-state index is 9.00. The number of aromatic nitrogens is 1. The van der Waals surface area contributed by atoms with Crippen LogP contribution in [0.25, 0.3) is 10.9 Å². The van der Waals surface area contributed by atoms with E-state index in [-0.39, 0.29) is 0 Å². The average molecular weight is 184 g/mol. The summed E-state index contributed by atoms with van der Waals surface area (Å²) < 4.78 is 2.13. The zero-order chi connectivity index (χ0) is 10.1. The van der Waals surface area contributed by atoms with Crippen LogP contribution in [-0.4, -0.2) is 4.57 Å². The lowest BCUT2D eigenvalue weighted by molar-refractivity contribution is 0.622. The summed E-state index contributed by atoms with van der Waals surface area (Å²) in [7, 11) is 0. The summed E-state index contributed by atoms with van der Waals surface area (Å²) in [6, 6.07) is 10.5. The molecule has 0 N–H and O–H groups in total. The molecular weight excluding hydrogens is 172 g/mol. The molecule has 0 bridgehead atoms. The third-order valence-electron chi connectivity index (χ3n) is 2.42. The van der Waals surface area contributed by atoms with Gasteiger partial charge >= 0.3 is 0 Å². The number of benzene rings is 1. The van der Waals surface area contributed by atoms with Crippen LogP contribution >= 0.6 is 0 Å². The third-order valence-corrected chi connectivity index (χ3v) is 2.42. The monoisotopic (exact) mass is 184 g/mol. The number of hydrogen-bond acceptors (Lipinski definition) is 1. The second-order valence-electron chi connectivity index (χ2n) is 3.67. The van der Waals surface area contributed by atoms with E-state index in [0.717, 1.165) is 16.5 Å². The maximum absolute atomic E-state index is 9.00. The normalized spacial score (nSPS) is 10.7. The molecule has 0 saturated carbocycles. The van der Waals surface area contributed by atoms with Crippen LogP contribution in [0.15, 0.2) is 30.5 Å². The molecule has 1 aromatic heterocycles. The average Bonchev–Trinajstić information content (AvgIpc) is 2.60. The van der Waals surface area contributed by atoms with Crippen LogP contribution in [0.2, 0.25) is 0 Å². The van der Waals surface area contributed by atoms with Crippen LogP contribution in [0.3, 0.4) is 0 Å². The fourth-order valence-electron chi connectivity index (χ4n) is 1.74. The van der Waals surface area contributed by atoms with Gasteiger partial charge in [0, 0.05) is 17.6 Å². The number of nitriles is 1. The first kappa shape index (κ1) is 8.83. The third kappa shape index (κ3) is 1.18. The second-order valence-corrected chi connectivity index (χ2v) is 3.67. The largest absolute Gasteiger partial charge is 0.344 e. The molecule has 2 rings (SSSR count). The fraction of sp³-hybridized carbons (Fsp3) is 0.250. The van der Waals surface area contributed by atoms with Crippen LogP contribution in [0.5, 0.6) is 0 Å². The van der Waals surface area contributed by atoms with E-state index in [0.29, 0.717) is 6.04 Å². The molecule has 0 amide bonds. The molecule has 0 aliphatic heterocycles. The molecule has 0 saturated heterocycles. The van der Waals surface area contributed by atoms with Gasteiger partial charge in [0.1, 0.15) is 6.07 Å². The van der Waals surface area contributed by atoms with Crippen LogP contribution < -0.4 is 0 Å². The summed E-state index contributed by atoms with van der Waals surface area (Å²) in [5.41, 5.74) is 1.80. The highest BCUT2D eigenvalue weighted by Crippen LogP contribution is 2.22. The molecule has 70 valence electrons. The number of para-hydroxylation sites is 1.